The van der Waals surface area contributed by atoms with Crippen molar-refractivity contribution in [3.8, 4) is 0 Å². The Morgan fingerprint density at radius 3 is 2.47 bits per heavy atom. The first-order chi connectivity index (χ1) is 6.97. The fraction of sp³-hybridized carbons (Fsp3) is 0.600. The zero-order valence-corrected chi connectivity index (χ0v) is 9.28. The van der Waals surface area contributed by atoms with Gasteiger partial charge < -0.3 is 5.73 Å². The van der Waals surface area contributed by atoms with E-state index in [1.54, 1.807) is 0 Å². The number of hydrogen-bond acceptors (Lipinski definition) is 3. The van der Waals surface area contributed by atoms with Gasteiger partial charge in [-0.2, -0.15) is 0 Å². The van der Waals surface area contributed by atoms with Crippen molar-refractivity contribution >= 4 is 5.82 Å². The summed E-state index contributed by atoms with van der Waals surface area (Å²) < 4.78 is 1.45. The lowest BCUT2D eigenvalue weighted by molar-refractivity contribution is 0.356. The van der Waals surface area contributed by atoms with Crippen LogP contribution in [0.5, 0.6) is 0 Å². The van der Waals surface area contributed by atoms with Crippen molar-refractivity contribution in [1.29, 1.82) is 0 Å². The molecule has 1 rings (SSSR count). The molecule has 1 unspecified atom stereocenters. The minimum absolute atomic E-state index is 0.0225. The molecule has 0 spiro atoms. The highest BCUT2D eigenvalue weighted by atomic mass is 16.2. The number of nitrogens with two attached hydrogens (primary N) is 1. The quantitative estimate of drug-likeness (QED) is 0.773. The number of aromatic nitrogens is 2. The van der Waals surface area contributed by atoms with Crippen molar-refractivity contribution in [3.63, 3.8) is 0 Å². The van der Waals surface area contributed by atoms with E-state index in [0.29, 0.717) is 5.92 Å². The van der Waals surface area contributed by atoms with Crippen LogP contribution in [0.25, 0.3) is 0 Å². The van der Waals surface area contributed by atoms with E-state index in [0.717, 1.165) is 6.42 Å². The minimum atomic E-state index is -0.452. The third-order valence-corrected chi connectivity index (χ3v) is 2.53. The van der Waals surface area contributed by atoms with Gasteiger partial charge in [0, 0.05) is 12.1 Å². The molecule has 0 saturated carbocycles. The van der Waals surface area contributed by atoms with E-state index in [-0.39, 0.29) is 11.9 Å². The van der Waals surface area contributed by atoms with Crippen molar-refractivity contribution in [3.05, 3.63) is 26.9 Å². The topological polar surface area (TPSA) is 80.9 Å². The number of rotatable bonds is 3. The molecule has 1 aromatic rings. The van der Waals surface area contributed by atoms with E-state index < -0.39 is 11.2 Å². The van der Waals surface area contributed by atoms with Crippen LogP contribution in [0.15, 0.2) is 15.7 Å². The second kappa shape index (κ2) is 4.33. The molecular formula is C10H17N3O2. The van der Waals surface area contributed by atoms with Gasteiger partial charge in [-0.05, 0) is 12.3 Å². The van der Waals surface area contributed by atoms with Crippen LogP contribution in [0, 0.1) is 5.92 Å². The number of H-pyrrole nitrogens is 1. The van der Waals surface area contributed by atoms with Gasteiger partial charge in [0.2, 0.25) is 0 Å². The molecule has 5 heteroatoms. The van der Waals surface area contributed by atoms with Gasteiger partial charge in [-0.15, -0.1) is 0 Å². The zero-order valence-electron chi connectivity index (χ0n) is 9.28. The number of nitrogen functional groups attached to an aromatic ring is 1. The predicted molar refractivity (Wildman–Crippen MR) is 59.9 cm³/mol. The molecule has 3 N–H and O–H groups in total. The van der Waals surface area contributed by atoms with Gasteiger partial charge in [0.05, 0.1) is 0 Å². The molecule has 0 aliphatic carbocycles. The maximum Gasteiger partial charge on any atom is 0.330 e. The highest BCUT2D eigenvalue weighted by molar-refractivity contribution is 5.27. The molecule has 0 radical (unpaired) electrons. The fourth-order valence-electron chi connectivity index (χ4n) is 1.82. The highest BCUT2D eigenvalue weighted by Gasteiger charge is 2.17. The Balaban J connectivity index is 3.36. The van der Waals surface area contributed by atoms with Crippen molar-refractivity contribution < 1.29 is 0 Å². The number of hydrogen-bond donors (Lipinski definition) is 2. The Bertz CT molecular complexity index is 445. The molecule has 1 atom stereocenters. The second-order valence-corrected chi connectivity index (χ2v) is 3.95. The number of nitrogens with one attached hydrogen (secondary N) is 1. The van der Waals surface area contributed by atoms with E-state index in [2.05, 4.69) is 4.98 Å². The van der Waals surface area contributed by atoms with Crippen LogP contribution in [0.2, 0.25) is 0 Å². The van der Waals surface area contributed by atoms with Crippen LogP contribution in [0.1, 0.15) is 33.2 Å². The Kier molecular flexibility index (Phi) is 3.34. The Morgan fingerprint density at radius 2 is 2.07 bits per heavy atom. The summed E-state index contributed by atoms with van der Waals surface area (Å²) >= 11 is 0. The number of anilines is 1. The molecule has 0 bridgehead atoms. The van der Waals surface area contributed by atoms with Crippen molar-refractivity contribution in [2.45, 2.75) is 33.2 Å². The molecular weight excluding hydrogens is 194 g/mol. The molecule has 0 aliphatic rings. The average Bonchev–Trinajstić information content (AvgIpc) is 2.09. The molecule has 0 amide bonds. The maximum absolute atomic E-state index is 11.6. The van der Waals surface area contributed by atoms with Crippen LogP contribution in [-0.4, -0.2) is 9.55 Å². The highest BCUT2D eigenvalue weighted by Crippen LogP contribution is 2.21. The Labute approximate surface area is 87.9 Å². The van der Waals surface area contributed by atoms with Gasteiger partial charge in [-0.3, -0.25) is 14.3 Å². The summed E-state index contributed by atoms with van der Waals surface area (Å²) in [5, 5.41) is 0. The van der Waals surface area contributed by atoms with Gasteiger partial charge in [-0.1, -0.05) is 20.8 Å². The molecule has 0 aromatic carbocycles. The van der Waals surface area contributed by atoms with Gasteiger partial charge in [0.1, 0.15) is 5.82 Å². The number of nitrogens with zero attached hydrogens (tertiary/aromatic N) is 1. The SMILES string of the molecule is CCC(C(C)C)n1c(N)cc(=O)[nH]c1=O. The number of aromatic amines is 1. The average molecular weight is 211 g/mol. The maximum atomic E-state index is 11.6. The van der Waals surface area contributed by atoms with E-state index in [1.807, 2.05) is 20.8 Å². The minimum Gasteiger partial charge on any atom is -0.385 e. The first-order valence-electron chi connectivity index (χ1n) is 5.08. The van der Waals surface area contributed by atoms with Gasteiger partial charge in [0.25, 0.3) is 5.56 Å². The molecule has 1 heterocycles. The Morgan fingerprint density at radius 1 is 1.47 bits per heavy atom. The fourth-order valence-corrected chi connectivity index (χ4v) is 1.82. The second-order valence-electron chi connectivity index (χ2n) is 3.95. The van der Waals surface area contributed by atoms with Gasteiger partial charge in [-0.25, -0.2) is 4.79 Å². The normalized spacial score (nSPS) is 13.1. The third-order valence-electron chi connectivity index (χ3n) is 2.53. The summed E-state index contributed by atoms with van der Waals surface area (Å²) in [6.45, 7) is 6.03. The summed E-state index contributed by atoms with van der Waals surface area (Å²) in [4.78, 5) is 24.8. The molecule has 84 valence electrons. The zero-order chi connectivity index (χ0) is 11.6. The van der Waals surface area contributed by atoms with Crippen LogP contribution in [0.3, 0.4) is 0 Å². The summed E-state index contributed by atoms with van der Waals surface area (Å²) in [6.07, 6.45) is 0.799. The molecule has 1 aromatic heterocycles. The van der Waals surface area contributed by atoms with Crippen molar-refractivity contribution in [2.75, 3.05) is 5.73 Å². The molecule has 15 heavy (non-hydrogen) atoms. The summed E-state index contributed by atoms with van der Waals surface area (Å²) in [7, 11) is 0. The first-order valence-corrected chi connectivity index (χ1v) is 5.08. The Hall–Kier alpha value is -1.52. The van der Waals surface area contributed by atoms with Crippen LogP contribution in [0.4, 0.5) is 5.82 Å². The van der Waals surface area contributed by atoms with Gasteiger partial charge in [0.15, 0.2) is 0 Å². The first kappa shape index (κ1) is 11.6. The lowest BCUT2D eigenvalue weighted by Gasteiger charge is -2.22. The lowest BCUT2D eigenvalue weighted by Crippen LogP contribution is -2.35. The molecule has 0 aliphatic heterocycles. The van der Waals surface area contributed by atoms with E-state index >= 15 is 0 Å². The largest absolute Gasteiger partial charge is 0.385 e. The van der Waals surface area contributed by atoms with Crippen LogP contribution >= 0.6 is 0 Å². The van der Waals surface area contributed by atoms with Gasteiger partial charge >= 0.3 is 5.69 Å². The van der Waals surface area contributed by atoms with E-state index in [9.17, 15) is 9.59 Å². The summed E-state index contributed by atoms with van der Waals surface area (Å²) in [5.74, 6) is 0.519. The smallest absolute Gasteiger partial charge is 0.330 e. The molecule has 0 fully saturated rings. The summed E-state index contributed by atoms with van der Waals surface area (Å²) in [6, 6.07) is 1.27. The lowest BCUT2D eigenvalue weighted by atomic mass is 10.0. The standard InChI is InChI=1S/C10H17N3O2/c1-4-7(6(2)3)13-8(11)5-9(14)12-10(13)15/h5-7H,4,11H2,1-3H3,(H,12,14,15). The predicted octanol–water partition coefficient (Wildman–Crippen LogP) is 0.726. The van der Waals surface area contributed by atoms with Crippen molar-refractivity contribution in [1.82, 2.24) is 9.55 Å². The molecule has 0 saturated heterocycles. The van der Waals surface area contributed by atoms with Crippen LogP contribution in [-0.2, 0) is 0 Å². The van der Waals surface area contributed by atoms with E-state index in [1.165, 1.54) is 10.6 Å². The third kappa shape index (κ3) is 2.29. The van der Waals surface area contributed by atoms with E-state index in [4.69, 9.17) is 5.73 Å². The summed E-state index contributed by atoms with van der Waals surface area (Å²) in [5.41, 5.74) is 4.80. The van der Waals surface area contributed by atoms with Crippen molar-refractivity contribution in [2.24, 2.45) is 5.92 Å². The van der Waals surface area contributed by atoms with Crippen LogP contribution < -0.4 is 17.0 Å². The monoisotopic (exact) mass is 211 g/mol. The molecule has 5 nitrogen and oxygen atoms in total.